The third-order valence-electron chi connectivity index (χ3n) is 4.13. The van der Waals surface area contributed by atoms with Crippen molar-refractivity contribution in [3.05, 3.63) is 0 Å². The zero-order valence-electron chi connectivity index (χ0n) is 10.4. The molecule has 0 aromatic rings. The van der Waals surface area contributed by atoms with Gasteiger partial charge in [0.25, 0.3) is 0 Å². The summed E-state index contributed by atoms with van der Waals surface area (Å²) in [5.41, 5.74) is 0. The zero-order chi connectivity index (χ0) is 10.4. The van der Waals surface area contributed by atoms with E-state index in [0.29, 0.717) is 0 Å². The van der Waals surface area contributed by atoms with Gasteiger partial charge in [-0.2, -0.15) is 0 Å². The molecule has 0 aromatic heterocycles. The van der Waals surface area contributed by atoms with Crippen LogP contribution in [0, 0.1) is 17.8 Å². The first-order valence-electron chi connectivity index (χ1n) is 6.86. The maximum atomic E-state index is 2.44. The summed E-state index contributed by atoms with van der Waals surface area (Å²) in [6.45, 7) is 6.44. The summed E-state index contributed by atoms with van der Waals surface area (Å²) >= 11 is 0. The van der Waals surface area contributed by atoms with Crippen molar-refractivity contribution in [1.29, 1.82) is 0 Å². The van der Waals surface area contributed by atoms with Crippen molar-refractivity contribution < 1.29 is 1.43 Å². The monoisotopic (exact) mass is 198 g/mol. The number of hydrogen-bond donors (Lipinski definition) is 0. The minimum absolute atomic E-state index is 0. The zero-order valence-corrected chi connectivity index (χ0v) is 10.4. The van der Waals surface area contributed by atoms with Crippen LogP contribution < -0.4 is 0 Å². The Morgan fingerprint density at radius 1 is 0.714 bits per heavy atom. The lowest BCUT2D eigenvalue weighted by atomic mass is 9.77. The van der Waals surface area contributed by atoms with Gasteiger partial charge < -0.3 is 0 Å². The Bertz CT molecular complexity index is 128. The Hall–Kier alpha value is 0. The van der Waals surface area contributed by atoms with Gasteiger partial charge in [-0.1, -0.05) is 59.3 Å². The first-order chi connectivity index (χ1) is 6.86. The van der Waals surface area contributed by atoms with E-state index in [2.05, 4.69) is 6.92 Å². The normalized spacial score (nSPS) is 37.5. The molecular formula is C14H30. The first-order valence-corrected chi connectivity index (χ1v) is 6.86. The van der Waals surface area contributed by atoms with Crippen LogP contribution in [0.15, 0.2) is 0 Å². The molecule has 2 aliphatic rings. The molecule has 2 saturated carbocycles. The third kappa shape index (κ3) is 3.29. The summed E-state index contributed by atoms with van der Waals surface area (Å²) < 4.78 is 0. The minimum atomic E-state index is 0. The second-order valence-corrected chi connectivity index (χ2v) is 5.06. The van der Waals surface area contributed by atoms with Gasteiger partial charge in [0.15, 0.2) is 0 Å². The Balaban J connectivity index is 0.000000617. The van der Waals surface area contributed by atoms with Gasteiger partial charge in [-0.15, -0.1) is 0 Å². The summed E-state index contributed by atoms with van der Waals surface area (Å²) in [6.07, 6.45) is 12.3. The third-order valence-corrected chi connectivity index (χ3v) is 4.13. The highest BCUT2D eigenvalue weighted by molar-refractivity contribution is 4.79. The Morgan fingerprint density at radius 3 is 1.57 bits per heavy atom. The van der Waals surface area contributed by atoms with E-state index in [1.807, 2.05) is 13.8 Å². The lowest BCUT2D eigenvalue weighted by Gasteiger charge is -2.29. The van der Waals surface area contributed by atoms with E-state index in [0.717, 1.165) is 17.8 Å². The molecule has 2 aliphatic carbocycles. The standard InChI is InChI=1S/C12H22.C2H6.H2/c1-10-6-8-11-4-2-3-5-12(11)9-7-10;1-2;/h10-12H,2-9H2,1H3;1-2H3;1H. The molecule has 2 rings (SSSR count). The SMILES string of the molecule is CC.CC1CCC2CCCCC2CC1.[HH]. The first kappa shape index (κ1) is 12.1. The van der Waals surface area contributed by atoms with Gasteiger partial charge in [0.2, 0.25) is 0 Å². The average molecular weight is 198 g/mol. The summed E-state index contributed by atoms with van der Waals surface area (Å²) in [5, 5.41) is 0. The molecule has 0 bridgehead atoms. The van der Waals surface area contributed by atoms with Crippen molar-refractivity contribution in [1.82, 2.24) is 0 Å². The molecule has 86 valence electrons. The highest BCUT2D eigenvalue weighted by Crippen LogP contribution is 2.40. The van der Waals surface area contributed by atoms with Crippen LogP contribution in [-0.4, -0.2) is 0 Å². The molecule has 2 atom stereocenters. The molecule has 2 unspecified atom stereocenters. The van der Waals surface area contributed by atoms with Crippen LogP contribution in [0.2, 0.25) is 0 Å². The Kier molecular flexibility index (Phi) is 5.59. The van der Waals surface area contributed by atoms with Crippen LogP contribution in [0.25, 0.3) is 0 Å². The van der Waals surface area contributed by atoms with Gasteiger partial charge in [0.1, 0.15) is 0 Å². The van der Waals surface area contributed by atoms with Gasteiger partial charge in [-0.25, -0.2) is 0 Å². The highest BCUT2D eigenvalue weighted by atomic mass is 14.3. The van der Waals surface area contributed by atoms with E-state index in [9.17, 15) is 0 Å². The van der Waals surface area contributed by atoms with Crippen molar-refractivity contribution in [3.63, 3.8) is 0 Å². The van der Waals surface area contributed by atoms with Gasteiger partial charge in [-0.05, 0) is 30.6 Å². The summed E-state index contributed by atoms with van der Waals surface area (Å²) in [6, 6.07) is 0. The van der Waals surface area contributed by atoms with E-state index in [1.165, 1.54) is 25.7 Å². The maximum absolute atomic E-state index is 2.44. The van der Waals surface area contributed by atoms with Crippen LogP contribution >= 0.6 is 0 Å². The van der Waals surface area contributed by atoms with Crippen LogP contribution in [0.1, 0.15) is 73.6 Å². The molecule has 0 amide bonds. The van der Waals surface area contributed by atoms with Crippen molar-refractivity contribution in [2.45, 2.75) is 72.1 Å². The average Bonchev–Trinajstić information content (AvgIpc) is 2.45. The number of fused-ring (bicyclic) bond motifs is 1. The highest BCUT2D eigenvalue weighted by Gasteiger charge is 2.27. The second kappa shape index (κ2) is 6.48. The summed E-state index contributed by atoms with van der Waals surface area (Å²) in [5.74, 6) is 3.28. The molecule has 0 aromatic carbocycles. The largest absolute Gasteiger partial charge is 0.0683 e. The quantitative estimate of drug-likeness (QED) is 0.497. The summed E-state index contributed by atoms with van der Waals surface area (Å²) in [4.78, 5) is 0. The molecule has 0 saturated heterocycles. The lowest BCUT2D eigenvalue weighted by molar-refractivity contribution is 0.224. The van der Waals surface area contributed by atoms with Crippen LogP contribution in [-0.2, 0) is 0 Å². The molecule has 2 fully saturated rings. The smallest absolute Gasteiger partial charge is 0 e. The number of hydrogen-bond acceptors (Lipinski definition) is 0. The van der Waals surface area contributed by atoms with Crippen LogP contribution in [0.5, 0.6) is 0 Å². The van der Waals surface area contributed by atoms with Crippen molar-refractivity contribution in [2.75, 3.05) is 0 Å². The molecular weight excluding hydrogens is 168 g/mol. The van der Waals surface area contributed by atoms with E-state index in [4.69, 9.17) is 0 Å². The molecule has 0 aliphatic heterocycles. The van der Waals surface area contributed by atoms with Crippen LogP contribution in [0.3, 0.4) is 0 Å². The summed E-state index contributed by atoms with van der Waals surface area (Å²) in [7, 11) is 0. The van der Waals surface area contributed by atoms with Gasteiger partial charge in [0, 0.05) is 1.43 Å². The fourth-order valence-corrected chi connectivity index (χ4v) is 3.19. The molecule has 0 N–H and O–H groups in total. The number of rotatable bonds is 0. The van der Waals surface area contributed by atoms with E-state index >= 15 is 0 Å². The van der Waals surface area contributed by atoms with Crippen molar-refractivity contribution >= 4 is 0 Å². The van der Waals surface area contributed by atoms with Crippen molar-refractivity contribution in [3.8, 4) is 0 Å². The molecule has 0 heteroatoms. The topological polar surface area (TPSA) is 0 Å². The Morgan fingerprint density at radius 2 is 1.14 bits per heavy atom. The van der Waals surface area contributed by atoms with E-state index < -0.39 is 0 Å². The molecule has 0 heterocycles. The predicted octanol–water partition coefficient (Wildman–Crippen LogP) is 5.28. The maximum Gasteiger partial charge on any atom is 0 e. The fraction of sp³-hybridized carbons (Fsp3) is 1.00. The second-order valence-electron chi connectivity index (χ2n) is 5.06. The molecule has 0 nitrogen and oxygen atoms in total. The van der Waals surface area contributed by atoms with E-state index in [-0.39, 0.29) is 1.43 Å². The van der Waals surface area contributed by atoms with E-state index in [1.54, 1.807) is 25.7 Å². The van der Waals surface area contributed by atoms with Gasteiger partial charge >= 0.3 is 0 Å². The Labute approximate surface area is 92.0 Å². The molecule has 0 radical (unpaired) electrons. The molecule has 0 spiro atoms. The minimum Gasteiger partial charge on any atom is -0.0683 e. The predicted molar refractivity (Wildman–Crippen MR) is 66.5 cm³/mol. The van der Waals surface area contributed by atoms with Gasteiger partial charge in [-0.3, -0.25) is 0 Å². The van der Waals surface area contributed by atoms with Crippen LogP contribution in [0.4, 0.5) is 0 Å². The fourth-order valence-electron chi connectivity index (χ4n) is 3.19. The van der Waals surface area contributed by atoms with Crippen molar-refractivity contribution in [2.24, 2.45) is 17.8 Å². The lowest BCUT2D eigenvalue weighted by Crippen LogP contribution is -2.17. The van der Waals surface area contributed by atoms with Gasteiger partial charge in [0.05, 0.1) is 0 Å². The molecule has 14 heavy (non-hydrogen) atoms.